The highest BCUT2D eigenvalue weighted by Gasteiger charge is 2.46. The largest absolute Gasteiger partial charge is 0.393 e. The number of carbonyl (C=O) groups is 1. The van der Waals surface area contributed by atoms with Crippen LogP contribution in [0.15, 0.2) is 0 Å². The Labute approximate surface area is 102 Å². The zero-order valence-electron chi connectivity index (χ0n) is 10.3. The Morgan fingerprint density at radius 1 is 1.47 bits per heavy atom. The van der Waals surface area contributed by atoms with Crippen molar-refractivity contribution in [2.75, 3.05) is 0 Å². The molecule has 2 fully saturated rings. The van der Waals surface area contributed by atoms with E-state index in [1.165, 1.54) is 0 Å². The van der Waals surface area contributed by atoms with E-state index in [0.717, 1.165) is 19.3 Å². The van der Waals surface area contributed by atoms with Crippen LogP contribution in [0.25, 0.3) is 0 Å². The van der Waals surface area contributed by atoms with Crippen LogP contribution in [0.1, 0.15) is 32.6 Å². The van der Waals surface area contributed by atoms with E-state index in [1.807, 2.05) is 0 Å². The van der Waals surface area contributed by atoms with Gasteiger partial charge in [0, 0.05) is 18.4 Å². The molecule has 5 unspecified atom stereocenters. The number of nitrogens with two attached hydrogens (primary N) is 2. The first-order chi connectivity index (χ1) is 8.04. The van der Waals surface area contributed by atoms with Gasteiger partial charge in [-0.2, -0.15) is 0 Å². The summed E-state index contributed by atoms with van der Waals surface area (Å²) in [6.45, 7) is 2.11. The van der Waals surface area contributed by atoms with Gasteiger partial charge in [-0.25, -0.2) is 0 Å². The predicted molar refractivity (Wildman–Crippen MR) is 64.7 cm³/mol. The van der Waals surface area contributed by atoms with E-state index in [-0.39, 0.29) is 17.9 Å². The number of amides is 1. The zero-order valence-corrected chi connectivity index (χ0v) is 10.3. The number of fused-ring (bicyclic) bond motifs is 1. The summed E-state index contributed by atoms with van der Waals surface area (Å²) in [6, 6.07) is -0.0510. The van der Waals surface area contributed by atoms with Gasteiger partial charge in [0.25, 0.3) is 0 Å². The molecule has 1 saturated carbocycles. The first-order valence-electron chi connectivity index (χ1n) is 6.53. The fourth-order valence-corrected chi connectivity index (χ4v) is 3.57. The SMILES string of the molecule is CCC1CC(=O)NC2C1CCC(O)C2C(N)N. The molecule has 1 amide bonds. The minimum Gasteiger partial charge on any atom is -0.393 e. The lowest BCUT2D eigenvalue weighted by Gasteiger charge is -2.48. The van der Waals surface area contributed by atoms with Crippen LogP contribution in [0.5, 0.6) is 0 Å². The monoisotopic (exact) mass is 241 g/mol. The van der Waals surface area contributed by atoms with Gasteiger partial charge in [-0.05, 0) is 24.7 Å². The Morgan fingerprint density at radius 2 is 2.18 bits per heavy atom. The topological polar surface area (TPSA) is 101 Å². The Hall–Kier alpha value is -0.650. The Morgan fingerprint density at radius 3 is 2.76 bits per heavy atom. The van der Waals surface area contributed by atoms with Crippen molar-refractivity contribution in [3.63, 3.8) is 0 Å². The summed E-state index contributed by atoms with van der Waals surface area (Å²) < 4.78 is 0. The second kappa shape index (κ2) is 4.92. The van der Waals surface area contributed by atoms with Gasteiger partial charge in [-0.1, -0.05) is 13.3 Å². The number of nitrogens with one attached hydrogen (secondary N) is 1. The standard InChI is InChI=1S/C12H23N3O2/c1-2-6-5-9(17)15-11-7(6)3-4-8(16)10(11)12(13)14/h6-8,10-12,16H,2-5,13-14H2,1H3,(H,15,17). The molecule has 5 nitrogen and oxygen atoms in total. The Bertz CT molecular complexity index is 295. The molecular formula is C12H23N3O2. The van der Waals surface area contributed by atoms with E-state index >= 15 is 0 Å². The summed E-state index contributed by atoms with van der Waals surface area (Å²) in [6.07, 6.45) is 2.22. The van der Waals surface area contributed by atoms with Crippen LogP contribution < -0.4 is 16.8 Å². The lowest BCUT2D eigenvalue weighted by molar-refractivity contribution is -0.130. The van der Waals surface area contributed by atoms with Crippen molar-refractivity contribution in [3.05, 3.63) is 0 Å². The third kappa shape index (κ3) is 2.32. The molecule has 0 aromatic carbocycles. The Kier molecular flexibility index (Phi) is 3.70. The van der Waals surface area contributed by atoms with Gasteiger partial charge < -0.3 is 21.9 Å². The summed E-state index contributed by atoms with van der Waals surface area (Å²) in [5.41, 5.74) is 11.5. The van der Waals surface area contributed by atoms with E-state index in [0.29, 0.717) is 18.3 Å². The normalized spacial score (nSPS) is 42.2. The Balaban J connectivity index is 2.21. The van der Waals surface area contributed by atoms with Crippen molar-refractivity contribution in [1.29, 1.82) is 0 Å². The van der Waals surface area contributed by atoms with Gasteiger partial charge in [0.05, 0.1) is 12.3 Å². The second-order valence-corrected chi connectivity index (χ2v) is 5.43. The minimum atomic E-state index is -0.575. The third-order valence-electron chi connectivity index (χ3n) is 4.47. The maximum absolute atomic E-state index is 11.7. The van der Waals surface area contributed by atoms with Gasteiger partial charge in [-0.3, -0.25) is 4.79 Å². The highest BCUT2D eigenvalue weighted by Crippen LogP contribution is 2.40. The number of hydrogen-bond donors (Lipinski definition) is 4. The average Bonchev–Trinajstić information content (AvgIpc) is 2.26. The third-order valence-corrected chi connectivity index (χ3v) is 4.47. The van der Waals surface area contributed by atoms with Crippen LogP contribution >= 0.6 is 0 Å². The van der Waals surface area contributed by atoms with Crippen LogP contribution in [0.2, 0.25) is 0 Å². The second-order valence-electron chi connectivity index (χ2n) is 5.43. The molecule has 0 aromatic rings. The van der Waals surface area contributed by atoms with Crippen LogP contribution in [-0.2, 0) is 4.79 Å². The number of rotatable bonds is 2. The fraction of sp³-hybridized carbons (Fsp3) is 0.917. The van der Waals surface area contributed by atoms with Crippen molar-refractivity contribution in [1.82, 2.24) is 5.32 Å². The molecule has 6 N–H and O–H groups in total. The van der Waals surface area contributed by atoms with Crippen molar-refractivity contribution in [3.8, 4) is 0 Å². The predicted octanol–water partition coefficient (Wildman–Crippen LogP) is -0.468. The van der Waals surface area contributed by atoms with Gasteiger partial charge in [0.15, 0.2) is 0 Å². The molecule has 1 aliphatic carbocycles. The maximum Gasteiger partial charge on any atom is 0.220 e. The van der Waals surface area contributed by atoms with Crippen molar-refractivity contribution in [2.45, 2.75) is 50.9 Å². The van der Waals surface area contributed by atoms with E-state index in [1.54, 1.807) is 0 Å². The summed E-state index contributed by atoms with van der Waals surface area (Å²) >= 11 is 0. The van der Waals surface area contributed by atoms with E-state index in [2.05, 4.69) is 12.2 Å². The molecule has 1 aliphatic heterocycles. The highest BCUT2D eigenvalue weighted by molar-refractivity contribution is 5.77. The first kappa shape index (κ1) is 12.8. The summed E-state index contributed by atoms with van der Waals surface area (Å²) in [5, 5.41) is 13.0. The van der Waals surface area contributed by atoms with E-state index < -0.39 is 12.3 Å². The molecule has 0 aromatic heterocycles. The van der Waals surface area contributed by atoms with Crippen molar-refractivity contribution < 1.29 is 9.90 Å². The fourth-order valence-electron chi connectivity index (χ4n) is 3.57. The minimum absolute atomic E-state index is 0.0510. The molecule has 98 valence electrons. The smallest absolute Gasteiger partial charge is 0.220 e. The molecule has 5 heteroatoms. The quantitative estimate of drug-likeness (QED) is 0.491. The first-order valence-corrected chi connectivity index (χ1v) is 6.53. The highest BCUT2D eigenvalue weighted by atomic mass is 16.3. The average molecular weight is 241 g/mol. The van der Waals surface area contributed by atoms with Crippen molar-refractivity contribution in [2.24, 2.45) is 29.2 Å². The molecule has 0 radical (unpaired) electrons. The van der Waals surface area contributed by atoms with E-state index in [9.17, 15) is 9.90 Å². The van der Waals surface area contributed by atoms with Crippen LogP contribution in [0, 0.1) is 17.8 Å². The number of piperidine rings is 1. The van der Waals surface area contributed by atoms with Crippen LogP contribution in [0.3, 0.4) is 0 Å². The maximum atomic E-state index is 11.7. The summed E-state index contributed by atoms with van der Waals surface area (Å²) in [7, 11) is 0. The molecular weight excluding hydrogens is 218 g/mol. The summed E-state index contributed by atoms with van der Waals surface area (Å²) in [5.74, 6) is 0.674. The lowest BCUT2D eigenvalue weighted by atomic mass is 9.65. The molecule has 1 saturated heterocycles. The van der Waals surface area contributed by atoms with Gasteiger partial charge in [0.1, 0.15) is 0 Å². The lowest BCUT2D eigenvalue weighted by Crippen LogP contribution is -2.63. The molecule has 2 aliphatic rings. The van der Waals surface area contributed by atoms with Gasteiger partial charge >= 0.3 is 0 Å². The zero-order chi connectivity index (χ0) is 12.6. The number of aliphatic hydroxyl groups excluding tert-OH is 1. The molecule has 0 bridgehead atoms. The number of hydrogen-bond acceptors (Lipinski definition) is 4. The van der Waals surface area contributed by atoms with Crippen molar-refractivity contribution >= 4 is 5.91 Å². The molecule has 2 rings (SSSR count). The van der Waals surface area contributed by atoms with Gasteiger partial charge in [0.2, 0.25) is 5.91 Å². The molecule has 5 atom stereocenters. The van der Waals surface area contributed by atoms with Crippen LogP contribution in [-0.4, -0.2) is 29.3 Å². The van der Waals surface area contributed by atoms with Crippen LogP contribution in [0.4, 0.5) is 0 Å². The molecule has 0 spiro atoms. The number of aliphatic hydroxyl groups is 1. The number of carbonyl (C=O) groups excluding carboxylic acids is 1. The van der Waals surface area contributed by atoms with E-state index in [4.69, 9.17) is 11.5 Å². The molecule has 1 heterocycles. The van der Waals surface area contributed by atoms with Gasteiger partial charge in [-0.15, -0.1) is 0 Å². The molecule has 17 heavy (non-hydrogen) atoms. The summed E-state index contributed by atoms with van der Waals surface area (Å²) in [4.78, 5) is 11.7.